The summed E-state index contributed by atoms with van der Waals surface area (Å²) in [6, 6.07) is 0. The molecule has 0 amide bonds. The molecule has 0 saturated heterocycles. The van der Waals surface area contributed by atoms with Gasteiger partial charge in [-0.15, -0.1) is 0 Å². The maximum atomic E-state index is 2.39. The molecule has 0 N–H and O–H groups in total. The third-order valence-electron chi connectivity index (χ3n) is 6.01. The van der Waals surface area contributed by atoms with E-state index in [9.17, 15) is 0 Å². The van der Waals surface area contributed by atoms with E-state index < -0.39 is 0 Å². The Hall–Kier alpha value is 0. The van der Waals surface area contributed by atoms with Crippen LogP contribution in [0.3, 0.4) is 0 Å². The molecule has 0 radical (unpaired) electrons. The monoisotopic (exact) mass is 352 g/mol. The van der Waals surface area contributed by atoms with Gasteiger partial charge in [-0.25, -0.2) is 0 Å². The summed E-state index contributed by atoms with van der Waals surface area (Å²) in [6.45, 7) is 9.38. The summed E-state index contributed by atoms with van der Waals surface area (Å²) in [6.07, 6.45) is 27.7. The van der Waals surface area contributed by atoms with Crippen LogP contribution >= 0.6 is 0 Å². The second kappa shape index (κ2) is 20.3. The van der Waals surface area contributed by atoms with Gasteiger partial charge < -0.3 is 0 Å². The van der Waals surface area contributed by atoms with Gasteiger partial charge >= 0.3 is 0 Å². The van der Waals surface area contributed by atoms with Crippen LogP contribution in [0.1, 0.15) is 150 Å². The van der Waals surface area contributed by atoms with Gasteiger partial charge in [0.15, 0.2) is 0 Å². The highest BCUT2D eigenvalue weighted by Crippen LogP contribution is 2.30. The maximum absolute atomic E-state index is 2.39. The van der Waals surface area contributed by atoms with Crippen molar-refractivity contribution in [1.29, 1.82) is 0 Å². The highest BCUT2D eigenvalue weighted by molar-refractivity contribution is 4.68. The van der Waals surface area contributed by atoms with Gasteiger partial charge in [0, 0.05) is 0 Å². The molecule has 0 heteroatoms. The van der Waals surface area contributed by atoms with Crippen molar-refractivity contribution in [2.75, 3.05) is 0 Å². The zero-order valence-corrected chi connectivity index (χ0v) is 18.6. The van der Waals surface area contributed by atoms with Crippen molar-refractivity contribution in [1.82, 2.24) is 0 Å². The van der Waals surface area contributed by atoms with E-state index >= 15 is 0 Å². The first-order valence-corrected chi connectivity index (χ1v) is 12.3. The number of hydrogen-bond acceptors (Lipinski definition) is 0. The normalized spacial score (nSPS) is 13.9. The van der Waals surface area contributed by atoms with Crippen LogP contribution in [0.15, 0.2) is 0 Å². The van der Waals surface area contributed by atoms with E-state index in [2.05, 4.69) is 27.7 Å². The fraction of sp³-hybridized carbons (Fsp3) is 1.00. The minimum absolute atomic E-state index is 1.02. The summed E-state index contributed by atoms with van der Waals surface area (Å²) in [5, 5.41) is 0. The Labute approximate surface area is 161 Å². The average Bonchev–Trinajstić information content (AvgIpc) is 2.61. The van der Waals surface area contributed by atoms with Crippen LogP contribution in [-0.2, 0) is 0 Å². The first-order valence-electron chi connectivity index (χ1n) is 12.3. The minimum atomic E-state index is 1.02. The van der Waals surface area contributed by atoms with Crippen molar-refractivity contribution in [3.63, 3.8) is 0 Å². The van der Waals surface area contributed by atoms with Gasteiger partial charge in [-0.05, 0) is 18.3 Å². The van der Waals surface area contributed by atoms with Crippen LogP contribution in [0, 0.1) is 11.8 Å². The Morgan fingerprint density at radius 3 is 1.24 bits per heavy atom. The van der Waals surface area contributed by atoms with Crippen molar-refractivity contribution >= 4 is 0 Å². The van der Waals surface area contributed by atoms with E-state index in [4.69, 9.17) is 0 Å². The molecular weight excluding hydrogens is 300 g/mol. The quantitative estimate of drug-likeness (QED) is 0.191. The molecule has 0 rings (SSSR count). The highest BCUT2D eigenvalue weighted by Gasteiger charge is 2.16. The molecule has 0 aliphatic heterocycles. The van der Waals surface area contributed by atoms with Crippen molar-refractivity contribution < 1.29 is 0 Å². The van der Waals surface area contributed by atoms with E-state index in [0.717, 1.165) is 11.8 Å². The SMILES string of the molecule is CCCCCCCCC(CCCCC)CC(CCC)CCCCCC. The summed E-state index contributed by atoms with van der Waals surface area (Å²) < 4.78 is 0. The van der Waals surface area contributed by atoms with Gasteiger partial charge in [0.05, 0.1) is 0 Å². The van der Waals surface area contributed by atoms with E-state index in [-0.39, 0.29) is 0 Å². The smallest absolute Gasteiger partial charge is 0.0412 e. The third-order valence-corrected chi connectivity index (χ3v) is 6.01. The molecule has 0 bridgehead atoms. The van der Waals surface area contributed by atoms with Crippen molar-refractivity contribution in [3.8, 4) is 0 Å². The summed E-state index contributed by atoms with van der Waals surface area (Å²) in [5.74, 6) is 2.05. The van der Waals surface area contributed by atoms with Crippen molar-refractivity contribution in [3.05, 3.63) is 0 Å². The van der Waals surface area contributed by atoms with E-state index in [0.29, 0.717) is 0 Å². The maximum Gasteiger partial charge on any atom is -0.0412 e. The Kier molecular flexibility index (Phi) is 20.3. The molecule has 2 unspecified atom stereocenters. The lowest BCUT2D eigenvalue weighted by Gasteiger charge is -2.24. The van der Waals surface area contributed by atoms with Crippen molar-refractivity contribution in [2.45, 2.75) is 150 Å². The first kappa shape index (κ1) is 25.0. The zero-order chi connectivity index (χ0) is 18.6. The van der Waals surface area contributed by atoms with Gasteiger partial charge in [-0.1, -0.05) is 143 Å². The molecule has 0 aliphatic carbocycles. The second-order valence-corrected chi connectivity index (χ2v) is 8.66. The number of hydrogen-bond donors (Lipinski definition) is 0. The molecule has 0 aromatic heterocycles. The predicted octanol–water partition coefficient (Wildman–Crippen LogP) is 9.71. The molecule has 0 fully saturated rings. The molecule has 2 atom stereocenters. The van der Waals surface area contributed by atoms with Crippen molar-refractivity contribution in [2.24, 2.45) is 11.8 Å². The predicted molar refractivity (Wildman–Crippen MR) is 117 cm³/mol. The fourth-order valence-corrected chi connectivity index (χ4v) is 4.40. The van der Waals surface area contributed by atoms with Crippen LogP contribution in [0.25, 0.3) is 0 Å². The summed E-state index contributed by atoms with van der Waals surface area (Å²) in [5.41, 5.74) is 0. The molecule has 0 nitrogen and oxygen atoms in total. The number of rotatable bonds is 20. The lowest BCUT2D eigenvalue weighted by atomic mass is 9.82. The van der Waals surface area contributed by atoms with Gasteiger partial charge in [0.25, 0.3) is 0 Å². The van der Waals surface area contributed by atoms with Gasteiger partial charge in [0.1, 0.15) is 0 Å². The third kappa shape index (κ3) is 17.2. The van der Waals surface area contributed by atoms with Gasteiger partial charge in [-0.3, -0.25) is 0 Å². The molecule has 0 aromatic rings. The molecule has 25 heavy (non-hydrogen) atoms. The van der Waals surface area contributed by atoms with Crippen LogP contribution < -0.4 is 0 Å². The minimum Gasteiger partial charge on any atom is -0.0654 e. The first-order chi connectivity index (χ1) is 12.3. The van der Waals surface area contributed by atoms with Crippen LogP contribution in [0.2, 0.25) is 0 Å². The summed E-state index contributed by atoms with van der Waals surface area (Å²) in [4.78, 5) is 0. The van der Waals surface area contributed by atoms with E-state index in [1.807, 2.05) is 0 Å². The molecule has 0 aromatic carbocycles. The number of unbranched alkanes of at least 4 members (excludes halogenated alkanes) is 10. The molecule has 0 saturated carbocycles. The Morgan fingerprint density at radius 1 is 0.360 bits per heavy atom. The van der Waals surface area contributed by atoms with E-state index in [1.54, 1.807) is 6.42 Å². The van der Waals surface area contributed by atoms with Crippen LogP contribution in [0.5, 0.6) is 0 Å². The topological polar surface area (TPSA) is 0 Å². The standard InChI is InChI=1S/C25H52/c1-5-9-12-14-15-18-22-25(20-16-11-7-3)23-24(19-8-4)21-17-13-10-6-2/h24-25H,5-23H2,1-4H3. The zero-order valence-electron chi connectivity index (χ0n) is 18.6. The van der Waals surface area contributed by atoms with Crippen LogP contribution in [0.4, 0.5) is 0 Å². The molecule has 0 aliphatic rings. The lowest BCUT2D eigenvalue weighted by Crippen LogP contribution is -2.10. The van der Waals surface area contributed by atoms with Gasteiger partial charge in [-0.2, -0.15) is 0 Å². The van der Waals surface area contributed by atoms with E-state index in [1.165, 1.54) is 116 Å². The molecule has 0 spiro atoms. The Morgan fingerprint density at radius 2 is 0.720 bits per heavy atom. The average molecular weight is 353 g/mol. The summed E-state index contributed by atoms with van der Waals surface area (Å²) >= 11 is 0. The van der Waals surface area contributed by atoms with Gasteiger partial charge in [0.2, 0.25) is 0 Å². The Balaban J connectivity index is 4.18. The second-order valence-electron chi connectivity index (χ2n) is 8.66. The summed E-state index contributed by atoms with van der Waals surface area (Å²) in [7, 11) is 0. The Bertz CT molecular complexity index is 232. The molecule has 152 valence electrons. The molecular formula is C25H52. The molecule has 0 heterocycles. The fourth-order valence-electron chi connectivity index (χ4n) is 4.40. The lowest BCUT2D eigenvalue weighted by molar-refractivity contribution is 0.287. The van der Waals surface area contributed by atoms with Crippen LogP contribution in [-0.4, -0.2) is 0 Å². The highest BCUT2D eigenvalue weighted by atomic mass is 14.2. The largest absolute Gasteiger partial charge is 0.0654 e.